The number of halogens is 2. The minimum atomic E-state index is -0.723. The fraction of sp³-hybridized carbons (Fsp3) is 0.462. The maximum atomic E-state index is 13.9. The van der Waals surface area contributed by atoms with Crippen molar-refractivity contribution in [3.8, 4) is 0 Å². The smallest absolute Gasteiger partial charge is 0.251 e. The van der Waals surface area contributed by atoms with Crippen molar-refractivity contribution in [3.05, 3.63) is 34.9 Å². The van der Waals surface area contributed by atoms with Crippen LogP contribution in [0.3, 0.4) is 0 Å². The zero-order valence-electron chi connectivity index (χ0n) is 11.3. The molecule has 1 aromatic carbocycles. The zero-order chi connectivity index (χ0) is 14.6. The lowest BCUT2D eigenvalue weighted by atomic mass is 10.0. The second-order valence-corrected chi connectivity index (χ2v) is 4.55. The van der Waals surface area contributed by atoms with Crippen LogP contribution in [0.5, 0.6) is 0 Å². The standard InChI is InChI=1S/C13H19F2N3O/c1-17-13(19)8-4-11(14)10(12(15)5-8)6-9(7-16)18(2)3/h4-5,9H,6-7,16H2,1-3H3,(H,17,19). The van der Waals surface area contributed by atoms with Crippen LogP contribution in [-0.2, 0) is 6.42 Å². The summed E-state index contributed by atoms with van der Waals surface area (Å²) < 4.78 is 27.8. The molecule has 0 aliphatic carbocycles. The minimum absolute atomic E-state index is 0.0320. The lowest BCUT2D eigenvalue weighted by molar-refractivity contribution is 0.0962. The minimum Gasteiger partial charge on any atom is -0.355 e. The van der Waals surface area contributed by atoms with Crippen LogP contribution in [0.25, 0.3) is 0 Å². The third-order valence-corrected chi connectivity index (χ3v) is 3.07. The first-order valence-corrected chi connectivity index (χ1v) is 5.97. The average molecular weight is 271 g/mol. The Morgan fingerprint density at radius 1 is 1.37 bits per heavy atom. The van der Waals surface area contributed by atoms with Crippen molar-refractivity contribution in [2.24, 2.45) is 5.73 Å². The van der Waals surface area contributed by atoms with Gasteiger partial charge >= 0.3 is 0 Å². The summed E-state index contributed by atoms with van der Waals surface area (Å²) in [5.74, 6) is -1.97. The number of nitrogens with zero attached hydrogens (tertiary/aromatic N) is 1. The van der Waals surface area contributed by atoms with Gasteiger partial charge in [-0.3, -0.25) is 4.79 Å². The first-order valence-electron chi connectivity index (χ1n) is 5.97. The van der Waals surface area contributed by atoms with Crippen LogP contribution in [0.1, 0.15) is 15.9 Å². The molecule has 0 saturated carbocycles. The molecule has 1 unspecified atom stereocenters. The second kappa shape index (κ2) is 6.58. The van der Waals surface area contributed by atoms with E-state index in [9.17, 15) is 13.6 Å². The molecule has 1 rings (SSSR count). The van der Waals surface area contributed by atoms with E-state index in [-0.39, 0.29) is 23.6 Å². The van der Waals surface area contributed by atoms with E-state index in [1.54, 1.807) is 14.1 Å². The summed E-state index contributed by atoms with van der Waals surface area (Å²) in [5.41, 5.74) is 5.49. The lowest BCUT2D eigenvalue weighted by Gasteiger charge is -2.23. The predicted molar refractivity (Wildman–Crippen MR) is 70.0 cm³/mol. The Morgan fingerprint density at radius 3 is 2.26 bits per heavy atom. The van der Waals surface area contributed by atoms with E-state index in [0.29, 0.717) is 6.54 Å². The molecule has 4 nitrogen and oxygen atoms in total. The SMILES string of the molecule is CNC(=O)c1cc(F)c(CC(CN)N(C)C)c(F)c1. The number of likely N-dealkylation sites (N-methyl/N-ethyl adjacent to an activating group) is 1. The Morgan fingerprint density at radius 2 is 1.89 bits per heavy atom. The molecule has 0 spiro atoms. The van der Waals surface area contributed by atoms with Gasteiger partial charge < -0.3 is 16.0 Å². The Bertz CT molecular complexity index is 440. The van der Waals surface area contributed by atoms with E-state index in [1.807, 2.05) is 4.90 Å². The summed E-state index contributed by atoms with van der Waals surface area (Å²) in [6.07, 6.45) is 0.162. The zero-order valence-corrected chi connectivity index (χ0v) is 11.3. The number of rotatable bonds is 5. The fourth-order valence-corrected chi connectivity index (χ4v) is 1.79. The van der Waals surface area contributed by atoms with Gasteiger partial charge in [0.2, 0.25) is 0 Å². The molecule has 19 heavy (non-hydrogen) atoms. The summed E-state index contributed by atoms with van der Waals surface area (Å²) in [6.45, 7) is 0.295. The molecule has 1 aromatic rings. The van der Waals surface area contributed by atoms with Gasteiger partial charge in [0.1, 0.15) is 11.6 Å². The van der Waals surface area contributed by atoms with Crippen molar-refractivity contribution >= 4 is 5.91 Å². The number of hydrogen-bond acceptors (Lipinski definition) is 3. The second-order valence-electron chi connectivity index (χ2n) is 4.55. The molecule has 0 radical (unpaired) electrons. The normalized spacial score (nSPS) is 12.6. The van der Waals surface area contributed by atoms with Crippen molar-refractivity contribution in [1.29, 1.82) is 0 Å². The van der Waals surface area contributed by atoms with E-state index in [4.69, 9.17) is 5.73 Å². The average Bonchev–Trinajstić information content (AvgIpc) is 2.36. The van der Waals surface area contributed by atoms with Gasteiger partial charge in [-0.1, -0.05) is 0 Å². The van der Waals surface area contributed by atoms with Gasteiger partial charge in [0.15, 0.2) is 0 Å². The molecule has 0 aliphatic rings. The molecule has 0 fully saturated rings. The summed E-state index contributed by atoms with van der Waals surface area (Å²) in [5, 5.41) is 2.32. The molecule has 0 saturated heterocycles. The van der Waals surface area contributed by atoms with E-state index in [1.165, 1.54) is 7.05 Å². The third-order valence-electron chi connectivity index (χ3n) is 3.07. The van der Waals surface area contributed by atoms with Crippen molar-refractivity contribution in [3.63, 3.8) is 0 Å². The van der Waals surface area contributed by atoms with Gasteiger partial charge in [-0.05, 0) is 32.6 Å². The van der Waals surface area contributed by atoms with E-state index in [2.05, 4.69) is 5.32 Å². The molecular weight excluding hydrogens is 252 g/mol. The molecule has 0 heterocycles. The molecule has 1 amide bonds. The first kappa shape index (κ1) is 15.5. The van der Waals surface area contributed by atoms with Crippen LogP contribution >= 0.6 is 0 Å². The molecule has 0 aromatic heterocycles. The fourth-order valence-electron chi connectivity index (χ4n) is 1.79. The Kier molecular flexibility index (Phi) is 5.38. The van der Waals surface area contributed by atoms with Crippen LogP contribution in [-0.4, -0.2) is 44.5 Å². The van der Waals surface area contributed by atoms with E-state index >= 15 is 0 Å². The number of amides is 1. The molecule has 3 N–H and O–H groups in total. The summed E-state index contributed by atoms with van der Waals surface area (Å²) in [6, 6.07) is 1.93. The molecule has 0 bridgehead atoms. The maximum Gasteiger partial charge on any atom is 0.251 e. The van der Waals surface area contributed by atoms with Gasteiger partial charge in [0, 0.05) is 30.8 Å². The summed E-state index contributed by atoms with van der Waals surface area (Å²) >= 11 is 0. The molecule has 0 aliphatic heterocycles. The number of benzene rings is 1. The summed E-state index contributed by atoms with van der Waals surface area (Å²) in [4.78, 5) is 13.2. The molecule has 6 heteroatoms. The van der Waals surface area contributed by atoms with Gasteiger partial charge in [-0.25, -0.2) is 8.78 Å². The summed E-state index contributed by atoms with van der Waals surface area (Å²) in [7, 11) is 5.00. The predicted octanol–water partition coefficient (Wildman–Crippen LogP) is 0.756. The Balaban J connectivity index is 3.06. The highest BCUT2D eigenvalue weighted by atomic mass is 19.1. The maximum absolute atomic E-state index is 13.9. The van der Waals surface area contributed by atoms with Crippen LogP contribution in [0.15, 0.2) is 12.1 Å². The van der Waals surface area contributed by atoms with Crippen LogP contribution < -0.4 is 11.1 Å². The van der Waals surface area contributed by atoms with Gasteiger partial charge in [0.25, 0.3) is 5.91 Å². The number of nitrogens with one attached hydrogen (secondary N) is 1. The number of carbonyl (C=O) groups excluding carboxylic acids is 1. The lowest BCUT2D eigenvalue weighted by Crippen LogP contribution is -2.37. The number of carbonyl (C=O) groups is 1. The number of nitrogens with two attached hydrogens (primary N) is 1. The highest BCUT2D eigenvalue weighted by Crippen LogP contribution is 2.18. The van der Waals surface area contributed by atoms with Crippen molar-refractivity contribution < 1.29 is 13.6 Å². The van der Waals surface area contributed by atoms with E-state index < -0.39 is 17.5 Å². The Hall–Kier alpha value is -1.53. The largest absolute Gasteiger partial charge is 0.355 e. The first-order chi connectivity index (χ1) is 8.90. The van der Waals surface area contributed by atoms with Gasteiger partial charge in [-0.15, -0.1) is 0 Å². The van der Waals surface area contributed by atoms with Gasteiger partial charge in [-0.2, -0.15) is 0 Å². The van der Waals surface area contributed by atoms with Gasteiger partial charge in [0.05, 0.1) is 0 Å². The number of hydrogen-bond donors (Lipinski definition) is 2. The third kappa shape index (κ3) is 3.71. The quantitative estimate of drug-likeness (QED) is 0.831. The highest BCUT2D eigenvalue weighted by Gasteiger charge is 2.19. The van der Waals surface area contributed by atoms with Crippen molar-refractivity contribution in [2.75, 3.05) is 27.7 Å². The van der Waals surface area contributed by atoms with Crippen molar-refractivity contribution in [2.45, 2.75) is 12.5 Å². The monoisotopic (exact) mass is 271 g/mol. The van der Waals surface area contributed by atoms with Crippen LogP contribution in [0, 0.1) is 11.6 Å². The molecule has 1 atom stereocenters. The van der Waals surface area contributed by atoms with Crippen LogP contribution in [0.2, 0.25) is 0 Å². The highest BCUT2D eigenvalue weighted by molar-refractivity contribution is 5.94. The van der Waals surface area contributed by atoms with Crippen LogP contribution in [0.4, 0.5) is 8.78 Å². The molecular formula is C13H19F2N3O. The van der Waals surface area contributed by atoms with Crippen molar-refractivity contribution in [1.82, 2.24) is 10.2 Å². The molecule has 106 valence electrons. The Labute approximate surface area is 111 Å². The topological polar surface area (TPSA) is 58.4 Å². The van der Waals surface area contributed by atoms with E-state index in [0.717, 1.165) is 12.1 Å².